The Morgan fingerprint density at radius 1 is 1.44 bits per heavy atom. The second kappa shape index (κ2) is 6.30. The molecule has 0 aliphatic carbocycles. The number of hydrogen-bond donors (Lipinski definition) is 2. The first kappa shape index (κ1) is 13.5. The Morgan fingerprint density at radius 3 is 2.89 bits per heavy atom. The van der Waals surface area contributed by atoms with Crippen LogP contribution in [0.3, 0.4) is 0 Å². The lowest BCUT2D eigenvalue weighted by atomic mass is 10.1. The molecule has 1 aliphatic heterocycles. The van der Waals surface area contributed by atoms with Crippen molar-refractivity contribution in [1.29, 1.82) is 0 Å². The van der Waals surface area contributed by atoms with Gasteiger partial charge in [0.2, 0.25) is 0 Å². The summed E-state index contributed by atoms with van der Waals surface area (Å²) < 4.78 is 5.62. The molecule has 1 unspecified atom stereocenters. The molecule has 1 heterocycles. The van der Waals surface area contributed by atoms with Gasteiger partial charge < -0.3 is 15.4 Å². The van der Waals surface area contributed by atoms with Gasteiger partial charge in [0.1, 0.15) is 5.75 Å². The Balaban J connectivity index is 1.99. The van der Waals surface area contributed by atoms with Crippen molar-refractivity contribution in [2.24, 2.45) is 0 Å². The summed E-state index contributed by atoms with van der Waals surface area (Å²) in [5, 5.41) is 7.55. The minimum Gasteiger partial charge on any atom is -0.489 e. The molecule has 0 bridgehead atoms. The number of piperidine rings is 1. The standard InChI is InChI=1S/C14H21ClN2O/c1-10(2)18-14-6-5-11(8-13(14)15)17-12-4-3-7-16-9-12/h5-6,8,10,12,16-17H,3-4,7,9H2,1-2H3. The van der Waals surface area contributed by atoms with Crippen molar-refractivity contribution in [1.82, 2.24) is 5.32 Å². The quantitative estimate of drug-likeness (QED) is 0.879. The first-order valence-corrected chi connectivity index (χ1v) is 6.96. The second-order valence-electron chi connectivity index (χ2n) is 5.00. The van der Waals surface area contributed by atoms with Crippen LogP contribution in [0.1, 0.15) is 26.7 Å². The summed E-state index contributed by atoms with van der Waals surface area (Å²) in [4.78, 5) is 0. The van der Waals surface area contributed by atoms with Gasteiger partial charge in [-0.2, -0.15) is 0 Å². The van der Waals surface area contributed by atoms with E-state index in [9.17, 15) is 0 Å². The van der Waals surface area contributed by atoms with E-state index < -0.39 is 0 Å². The molecule has 1 fully saturated rings. The minimum absolute atomic E-state index is 0.142. The van der Waals surface area contributed by atoms with Crippen molar-refractivity contribution in [3.63, 3.8) is 0 Å². The van der Waals surface area contributed by atoms with Gasteiger partial charge in [0.25, 0.3) is 0 Å². The molecule has 1 aliphatic rings. The minimum atomic E-state index is 0.142. The molecule has 0 radical (unpaired) electrons. The molecule has 2 rings (SSSR count). The van der Waals surface area contributed by atoms with Crippen LogP contribution in [0.5, 0.6) is 5.75 Å². The summed E-state index contributed by atoms with van der Waals surface area (Å²) >= 11 is 6.21. The molecular weight excluding hydrogens is 248 g/mol. The predicted octanol–water partition coefficient (Wildman–Crippen LogP) is 3.29. The second-order valence-corrected chi connectivity index (χ2v) is 5.41. The number of hydrogen-bond acceptors (Lipinski definition) is 3. The lowest BCUT2D eigenvalue weighted by molar-refractivity contribution is 0.242. The lowest BCUT2D eigenvalue weighted by Crippen LogP contribution is -2.38. The monoisotopic (exact) mass is 268 g/mol. The molecule has 0 spiro atoms. The maximum atomic E-state index is 6.21. The summed E-state index contributed by atoms with van der Waals surface area (Å²) in [6, 6.07) is 6.39. The number of rotatable bonds is 4. The van der Waals surface area contributed by atoms with E-state index in [0.717, 1.165) is 24.5 Å². The number of anilines is 1. The fraction of sp³-hybridized carbons (Fsp3) is 0.571. The van der Waals surface area contributed by atoms with Crippen molar-refractivity contribution < 1.29 is 4.74 Å². The van der Waals surface area contributed by atoms with Crippen molar-refractivity contribution >= 4 is 17.3 Å². The Bertz CT molecular complexity index is 389. The fourth-order valence-corrected chi connectivity index (χ4v) is 2.38. The number of ether oxygens (including phenoxy) is 1. The molecule has 2 N–H and O–H groups in total. The van der Waals surface area contributed by atoms with Crippen LogP contribution >= 0.6 is 11.6 Å². The van der Waals surface area contributed by atoms with Crippen LogP contribution in [-0.2, 0) is 0 Å². The van der Waals surface area contributed by atoms with Gasteiger partial charge in [-0.1, -0.05) is 11.6 Å². The van der Waals surface area contributed by atoms with Gasteiger partial charge in [-0.15, -0.1) is 0 Å². The van der Waals surface area contributed by atoms with E-state index in [1.54, 1.807) is 0 Å². The SMILES string of the molecule is CC(C)Oc1ccc(NC2CCCNC2)cc1Cl. The van der Waals surface area contributed by atoms with Gasteiger partial charge in [-0.3, -0.25) is 0 Å². The molecule has 0 amide bonds. The molecule has 1 saturated heterocycles. The third-order valence-electron chi connectivity index (χ3n) is 2.96. The van der Waals surface area contributed by atoms with Crippen LogP contribution in [0.2, 0.25) is 5.02 Å². The summed E-state index contributed by atoms with van der Waals surface area (Å²) in [7, 11) is 0. The normalized spacial score (nSPS) is 19.9. The largest absolute Gasteiger partial charge is 0.489 e. The third kappa shape index (κ3) is 3.79. The number of benzene rings is 1. The van der Waals surface area contributed by atoms with E-state index in [1.165, 1.54) is 12.8 Å². The summed E-state index contributed by atoms with van der Waals surface area (Å²) in [5.41, 5.74) is 1.06. The first-order chi connectivity index (χ1) is 8.65. The zero-order valence-corrected chi connectivity index (χ0v) is 11.8. The maximum Gasteiger partial charge on any atom is 0.138 e. The van der Waals surface area contributed by atoms with Crippen LogP contribution < -0.4 is 15.4 Å². The summed E-state index contributed by atoms with van der Waals surface area (Å²) in [6.45, 7) is 6.13. The van der Waals surface area contributed by atoms with Gasteiger partial charge >= 0.3 is 0 Å². The van der Waals surface area contributed by atoms with E-state index in [4.69, 9.17) is 16.3 Å². The van der Waals surface area contributed by atoms with E-state index in [2.05, 4.69) is 10.6 Å². The molecule has 0 saturated carbocycles. The summed E-state index contributed by atoms with van der Waals surface area (Å²) in [6.07, 6.45) is 2.57. The zero-order chi connectivity index (χ0) is 13.0. The van der Waals surface area contributed by atoms with Gasteiger partial charge in [0, 0.05) is 18.3 Å². The summed E-state index contributed by atoms with van der Waals surface area (Å²) in [5.74, 6) is 0.749. The molecule has 100 valence electrons. The molecule has 18 heavy (non-hydrogen) atoms. The fourth-order valence-electron chi connectivity index (χ4n) is 2.15. The maximum absolute atomic E-state index is 6.21. The van der Waals surface area contributed by atoms with Crippen LogP contribution in [0, 0.1) is 0 Å². The zero-order valence-electron chi connectivity index (χ0n) is 11.0. The van der Waals surface area contributed by atoms with Crippen LogP contribution in [0.15, 0.2) is 18.2 Å². The Morgan fingerprint density at radius 2 is 2.28 bits per heavy atom. The predicted molar refractivity (Wildman–Crippen MR) is 76.7 cm³/mol. The van der Waals surface area contributed by atoms with Crippen LogP contribution in [0.25, 0.3) is 0 Å². The van der Waals surface area contributed by atoms with Crippen molar-refractivity contribution in [3.8, 4) is 5.75 Å². The molecule has 4 heteroatoms. The Hall–Kier alpha value is -0.930. The van der Waals surface area contributed by atoms with Crippen molar-refractivity contribution in [3.05, 3.63) is 23.2 Å². The molecule has 1 aromatic rings. The first-order valence-electron chi connectivity index (χ1n) is 6.58. The lowest BCUT2D eigenvalue weighted by Gasteiger charge is -2.25. The Kier molecular flexibility index (Phi) is 4.72. The highest BCUT2D eigenvalue weighted by Gasteiger charge is 2.13. The van der Waals surface area contributed by atoms with Crippen LogP contribution in [0.4, 0.5) is 5.69 Å². The van der Waals surface area contributed by atoms with E-state index >= 15 is 0 Å². The molecule has 1 atom stereocenters. The highest BCUT2D eigenvalue weighted by atomic mass is 35.5. The van der Waals surface area contributed by atoms with E-state index in [0.29, 0.717) is 11.1 Å². The van der Waals surface area contributed by atoms with Crippen molar-refractivity contribution in [2.75, 3.05) is 18.4 Å². The van der Waals surface area contributed by atoms with Gasteiger partial charge in [0.15, 0.2) is 0 Å². The molecule has 0 aromatic heterocycles. The topological polar surface area (TPSA) is 33.3 Å². The molecular formula is C14H21ClN2O. The highest BCUT2D eigenvalue weighted by molar-refractivity contribution is 6.32. The van der Waals surface area contributed by atoms with E-state index in [-0.39, 0.29) is 6.10 Å². The average Bonchev–Trinajstić information content (AvgIpc) is 2.33. The van der Waals surface area contributed by atoms with Gasteiger partial charge in [-0.05, 0) is 51.4 Å². The average molecular weight is 269 g/mol. The smallest absolute Gasteiger partial charge is 0.138 e. The number of nitrogens with one attached hydrogen (secondary N) is 2. The van der Waals surface area contributed by atoms with E-state index in [1.807, 2.05) is 32.0 Å². The highest BCUT2D eigenvalue weighted by Crippen LogP contribution is 2.29. The number of halogens is 1. The third-order valence-corrected chi connectivity index (χ3v) is 3.26. The Labute approximate surface area is 114 Å². The van der Waals surface area contributed by atoms with Crippen molar-refractivity contribution in [2.45, 2.75) is 38.8 Å². The van der Waals surface area contributed by atoms with Crippen LogP contribution in [-0.4, -0.2) is 25.2 Å². The van der Waals surface area contributed by atoms with Gasteiger partial charge in [0.05, 0.1) is 11.1 Å². The molecule has 3 nitrogen and oxygen atoms in total. The van der Waals surface area contributed by atoms with Gasteiger partial charge in [-0.25, -0.2) is 0 Å². The molecule has 1 aromatic carbocycles.